The number of ether oxygens (including phenoxy) is 1. The molecule has 0 saturated heterocycles. The first kappa shape index (κ1) is 15.7. The zero-order valence-corrected chi connectivity index (χ0v) is 10.8. The van der Waals surface area contributed by atoms with Crippen LogP contribution in [0, 0.1) is 0 Å². The molecule has 0 aliphatic carbocycles. The Labute approximate surface area is 103 Å². The summed E-state index contributed by atoms with van der Waals surface area (Å²) in [6, 6.07) is 0. The molecular formula is C13H23NO3. The van der Waals surface area contributed by atoms with Crippen LogP contribution in [0.5, 0.6) is 0 Å². The van der Waals surface area contributed by atoms with Gasteiger partial charge in [-0.2, -0.15) is 0 Å². The second-order valence-corrected chi connectivity index (χ2v) is 4.20. The molecule has 4 heteroatoms. The third-order valence-electron chi connectivity index (χ3n) is 2.16. The molecule has 0 unspecified atom stereocenters. The van der Waals surface area contributed by atoms with Crippen molar-refractivity contribution < 1.29 is 14.3 Å². The number of amides is 1. The van der Waals surface area contributed by atoms with Crippen molar-refractivity contribution in [3.63, 3.8) is 0 Å². The summed E-state index contributed by atoms with van der Waals surface area (Å²) in [7, 11) is 0. The maximum Gasteiger partial charge on any atom is 0.306 e. The van der Waals surface area contributed by atoms with E-state index in [-0.39, 0.29) is 18.0 Å². The minimum Gasteiger partial charge on any atom is -0.463 e. The van der Waals surface area contributed by atoms with E-state index in [0.717, 1.165) is 25.7 Å². The van der Waals surface area contributed by atoms with Gasteiger partial charge in [-0.05, 0) is 32.8 Å². The van der Waals surface area contributed by atoms with E-state index >= 15 is 0 Å². The normalized spacial score (nSPS) is 10.1. The maximum absolute atomic E-state index is 11.2. The van der Waals surface area contributed by atoms with Gasteiger partial charge in [0.05, 0.1) is 6.10 Å². The van der Waals surface area contributed by atoms with Crippen molar-refractivity contribution in [2.24, 2.45) is 0 Å². The molecule has 0 aliphatic heterocycles. The highest BCUT2D eigenvalue weighted by atomic mass is 16.5. The summed E-state index contributed by atoms with van der Waals surface area (Å²) in [4.78, 5) is 22.0. The fraction of sp³-hybridized carbons (Fsp3) is 0.692. The zero-order valence-electron chi connectivity index (χ0n) is 10.8. The largest absolute Gasteiger partial charge is 0.463 e. The average molecular weight is 241 g/mol. The molecule has 0 aliphatic rings. The number of unbranched alkanes of at least 4 members (excludes halogenated alkanes) is 3. The molecule has 98 valence electrons. The smallest absolute Gasteiger partial charge is 0.306 e. The lowest BCUT2D eigenvalue weighted by Crippen LogP contribution is -2.21. The second-order valence-electron chi connectivity index (χ2n) is 4.20. The predicted molar refractivity (Wildman–Crippen MR) is 67.5 cm³/mol. The van der Waals surface area contributed by atoms with Crippen LogP contribution in [0.1, 0.15) is 46.0 Å². The lowest BCUT2D eigenvalue weighted by molar-refractivity contribution is -0.147. The van der Waals surface area contributed by atoms with Crippen LogP contribution in [0.4, 0.5) is 0 Å². The van der Waals surface area contributed by atoms with Crippen LogP contribution in [-0.4, -0.2) is 24.5 Å². The van der Waals surface area contributed by atoms with Crippen LogP contribution in [0.25, 0.3) is 0 Å². The van der Waals surface area contributed by atoms with Crippen molar-refractivity contribution >= 4 is 11.9 Å². The fourth-order valence-corrected chi connectivity index (χ4v) is 1.35. The third-order valence-corrected chi connectivity index (χ3v) is 2.16. The third kappa shape index (κ3) is 11.0. The Bertz CT molecular complexity index is 249. The zero-order chi connectivity index (χ0) is 13.1. The summed E-state index contributed by atoms with van der Waals surface area (Å²) in [5.74, 6) is -0.259. The SMILES string of the molecule is C=CC(=O)NCCCCCCC(=O)OC(C)C. The molecule has 0 heterocycles. The standard InChI is InChI=1S/C13H23NO3/c1-4-12(15)14-10-8-6-5-7-9-13(16)17-11(2)3/h4,11H,1,5-10H2,2-3H3,(H,14,15). The molecule has 0 saturated carbocycles. The lowest BCUT2D eigenvalue weighted by Gasteiger charge is -2.07. The highest BCUT2D eigenvalue weighted by Gasteiger charge is 2.04. The van der Waals surface area contributed by atoms with Gasteiger partial charge in [0.1, 0.15) is 0 Å². The van der Waals surface area contributed by atoms with Gasteiger partial charge in [0, 0.05) is 13.0 Å². The number of carbonyl (C=O) groups excluding carboxylic acids is 2. The van der Waals surface area contributed by atoms with Gasteiger partial charge in [-0.15, -0.1) is 0 Å². The molecule has 0 aromatic carbocycles. The van der Waals surface area contributed by atoms with E-state index in [9.17, 15) is 9.59 Å². The van der Waals surface area contributed by atoms with E-state index in [1.165, 1.54) is 6.08 Å². The van der Waals surface area contributed by atoms with Crippen molar-refractivity contribution in [2.75, 3.05) is 6.54 Å². The van der Waals surface area contributed by atoms with Crippen molar-refractivity contribution in [1.82, 2.24) is 5.32 Å². The molecule has 0 aromatic heterocycles. The summed E-state index contributed by atoms with van der Waals surface area (Å²) in [5.41, 5.74) is 0. The van der Waals surface area contributed by atoms with Crippen LogP contribution >= 0.6 is 0 Å². The molecule has 1 amide bonds. The topological polar surface area (TPSA) is 55.4 Å². The number of rotatable bonds is 9. The second kappa shape index (κ2) is 9.87. The first-order chi connectivity index (χ1) is 8.06. The fourth-order valence-electron chi connectivity index (χ4n) is 1.35. The summed E-state index contributed by atoms with van der Waals surface area (Å²) in [6.07, 6.45) is 5.49. The Kier molecular flexibility index (Phi) is 9.11. The number of hydrogen-bond acceptors (Lipinski definition) is 3. The monoisotopic (exact) mass is 241 g/mol. The van der Waals surface area contributed by atoms with Gasteiger partial charge in [-0.1, -0.05) is 19.4 Å². The minimum absolute atomic E-state index is 0.0309. The van der Waals surface area contributed by atoms with E-state index in [4.69, 9.17) is 4.74 Å². The highest BCUT2D eigenvalue weighted by molar-refractivity contribution is 5.86. The molecule has 0 rings (SSSR count). The van der Waals surface area contributed by atoms with Crippen molar-refractivity contribution in [2.45, 2.75) is 52.1 Å². The Morgan fingerprint density at radius 1 is 1.24 bits per heavy atom. The van der Waals surface area contributed by atoms with Gasteiger partial charge in [0.15, 0.2) is 0 Å². The first-order valence-electron chi connectivity index (χ1n) is 6.16. The Morgan fingerprint density at radius 3 is 2.47 bits per heavy atom. The molecule has 1 N–H and O–H groups in total. The number of hydrogen-bond donors (Lipinski definition) is 1. The molecule has 0 spiro atoms. The molecule has 0 radical (unpaired) electrons. The van der Waals surface area contributed by atoms with Crippen molar-refractivity contribution in [3.8, 4) is 0 Å². The molecule has 0 fully saturated rings. The van der Waals surface area contributed by atoms with E-state index in [1.807, 2.05) is 13.8 Å². The summed E-state index contributed by atoms with van der Waals surface area (Å²) < 4.78 is 5.02. The highest BCUT2D eigenvalue weighted by Crippen LogP contribution is 2.04. The molecule has 17 heavy (non-hydrogen) atoms. The summed E-state index contributed by atoms with van der Waals surface area (Å²) in [5, 5.41) is 2.71. The predicted octanol–water partition coefficient (Wildman–Crippen LogP) is 2.19. The Morgan fingerprint density at radius 2 is 1.88 bits per heavy atom. The Hall–Kier alpha value is -1.32. The van der Waals surface area contributed by atoms with Crippen molar-refractivity contribution in [1.29, 1.82) is 0 Å². The van der Waals surface area contributed by atoms with Gasteiger partial charge < -0.3 is 10.1 Å². The summed E-state index contributed by atoms with van der Waals surface area (Å²) in [6.45, 7) is 7.73. The molecule has 0 bridgehead atoms. The van der Waals surface area contributed by atoms with E-state index in [1.54, 1.807) is 0 Å². The van der Waals surface area contributed by atoms with E-state index < -0.39 is 0 Å². The molecular weight excluding hydrogens is 218 g/mol. The van der Waals surface area contributed by atoms with Crippen LogP contribution < -0.4 is 5.32 Å². The minimum atomic E-state index is -0.134. The van der Waals surface area contributed by atoms with E-state index in [2.05, 4.69) is 11.9 Å². The number of nitrogens with one attached hydrogen (secondary N) is 1. The quantitative estimate of drug-likeness (QED) is 0.382. The van der Waals surface area contributed by atoms with Crippen LogP contribution in [0.15, 0.2) is 12.7 Å². The van der Waals surface area contributed by atoms with Crippen molar-refractivity contribution in [3.05, 3.63) is 12.7 Å². The van der Waals surface area contributed by atoms with Gasteiger partial charge in [-0.3, -0.25) is 9.59 Å². The van der Waals surface area contributed by atoms with Crippen LogP contribution in [0.2, 0.25) is 0 Å². The average Bonchev–Trinajstić information content (AvgIpc) is 2.26. The van der Waals surface area contributed by atoms with Crippen LogP contribution in [-0.2, 0) is 14.3 Å². The molecule has 0 aromatic rings. The number of carbonyl (C=O) groups is 2. The first-order valence-corrected chi connectivity index (χ1v) is 6.16. The maximum atomic E-state index is 11.2. The van der Waals surface area contributed by atoms with Crippen LogP contribution in [0.3, 0.4) is 0 Å². The Balaban J connectivity index is 3.26. The van der Waals surface area contributed by atoms with Gasteiger partial charge in [0.2, 0.25) is 5.91 Å². The van der Waals surface area contributed by atoms with Gasteiger partial charge in [0.25, 0.3) is 0 Å². The lowest BCUT2D eigenvalue weighted by atomic mass is 10.1. The van der Waals surface area contributed by atoms with Gasteiger partial charge in [-0.25, -0.2) is 0 Å². The van der Waals surface area contributed by atoms with E-state index in [0.29, 0.717) is 13.0 Å². The summed E-state index contributed by atoms with van der Waals surface area (Å²) >= 11 is 0. The van der Waals surface area contributed by atoms with Gasteiger partial charge >= 0.3 is 5.97 Å². The number of esters is 1. The molecule has 4 nitrogen and oxygen atoms in total. The molecule has 0 atom stereocenters.